The standard InChI is InChI=1S/C55H48/c1-39-17-15-16-24-51(39)55(50-22-13-8-14-23-50)38-47-31-27-45(28-32-47)34-36-53-42(4)40(2)52(41(3)43(53)5)35-33-44-25-29-46(30-26-44)37-54(48-18-9-6-10-19-48)49-20-11-7-12-21-49/h6-38H,1-5H3. The van der Waals surface area contributed by atoms with Gasteiger partial charge in [0, 0.05) is 0 Å². The largest absolute Gasteiger partial charge is 0.0622 e. The smallest absolute Gasteiger partial charge is 0.0103 e. The minimum Gasteiger partial charge on any atom is -0.0622 e. The molecular formula is C55H48. The van der Waals surface area contributed by atoms with Gasteiger partial charge in [-0.2, -0.15) is 0 Å². The molecule has 0 aliphatic rings. The van der Waals surface area contributed by atoms with Gasteiger partial charge in [-0.15, -0.1) is 0 Å². The van der Waals surface area contributed by atoms with Crippen LogP contribution in [0, 0.1) is 34.6 Å². The summed E-state index contributed by atoms with van der Waals surface area (Å²) in [5, 5.41) is 0. The van der Waals surface area contributed by atoms with Crippen molar-refractivity contribution < 1.29 is 0 Å². The Balaban J connectivity index is 1.10. The molecule has 268 valence electrons. The van der Waals surface area contributed by atoms with Gasteiger partial charge in [0.15, 0.2) is 0 Å². The van der Waals surface area contributed by atoms with Crippen molar-refractivity contribution in [2.75, 3.05) is 0 Å². The maximum Gasteiger partial charge on any atom is -0.0103 e. The highest BCUT2D eigenvalue weighted by atomic mass is 14.2. The Morgan fingerprint density at radius 2 is 0.636 bits per heavy atom. The van der Waals surface area contributed by atoms with Gasteiger partial charge in [-0.25, -0.2) is 0 Å². The van der Waals surface area contributed by atoms with Crippen molar-refractivity contribution >= 4 is 47.6 Å². The van der Waals surface area contributed by atoms with Crippen molar-refractivity contribution in [2.24, 2.45) is 0 Å². The van der Waals surface area contributed by atoms with Crippen LogP contribution in [0.1, 0.15) is 83.5 Å². The first kappa shape index (κ1) is 36.8. The first-order valence-electron chi connectivity index (χ1n) is 19.2. The number of benzene rings is 7. The molecule has 0 bridgehead atoms. The summed E-state index contributed by atoms with van der Waals surface area (Å²) in [6.45, 7) is 11.2. The fraction of sp³-hybridized carbons (Fsp3) is 0.0909. The molecule has 0 fully saturated rings. The van der Waals surface area contributed by atoms with Gasteiger partial charge in [0.05, 0.1) is 0 Å². The zero-order chi connectivity index (χ0) is 38.1. The van der Waals surface area contributed by atoms with Crippen molar-refractivity contribution in [3.05, 3.63) is 247 Å². The zero-order valence-electron chi connectivity index (χ0n) is 32.6. The van der Waals surface area contributed by atoms with E-state index in [4.69, 9.17) is 0 Å². The molecule has 0 nitrogen and oxygen atoms in total. The molecule has 7 rings (SSSR count). The Kier molecular flexibility index (Phi) is 11.5. The predicted molar refractivity (Wildman–Crippen MR) is 241 cm³/mol. The van der Waals surface area contributed by atoms with Gasteiger partial charge >= 0.3 is 0 Å². The summed E-state index contributed by atoms with van der Waals surface area (Å²) in [5.41, 5.74) is 21.2. The highest BCUT2D eigenvalue weighted by molar-refractivity contribution is 5.93. The van der Waals surface area contributed by atoms with Crippen molar-refractivity contribution in [3.63, 3.8) is 0 Å². The summed E-state index contributed by atoms with van der Waals surface area (Å²) in [5.74, 6) is 0. The number of rotatable bonds is 10. The second-order valence-corrected chi connectivity index (χ2v) is 14.4. The fourth-order valence-corrected chi connectivity index (χ4v) is 7.35. The van der Waals surface area contributed by atoms with E-state index in [-0.39, 0.29) is 0 Å². The van der Waals surface area contributed by atoms with Gasteiger partial charge in [0.25, 0.3) is 0 Å². The summed E-state index contributed by atoms with van der Waals surface area (Å²) in [6, 6.07) is 58.3. The summed E-state index contributed by atoms with van der Waals surface area (Å²) >= 11 is 0. The molecule has 0 radical (unpaired) electrons. The molecule has 55 heavy (non-hydrogen) atoms. The summed E-state index contributed by atoms with van der Waals surface area (Å²) in [7, 11) is 0. The van der Waals surface area contributed by atoms with Crippen molar-refractivity contribution in [3.8, 4) is 0 Å². The molecule has 0 atom stereocenters. The number of hydrogen-bond donors (Lipinski definition) is 0. The molecule has 0 heterocycles. The lowest BCUT2D eigenvalue weighted by molar-refractivity contribution is 1.21. The molecule has 0 amide bonds. The molecule has 0 N–H and O–H groups in total. The first-order chi connectivity index (χ1) is 26.9. The SMILES string of the molecule is Cc1ccccc1C(=Cc1ccc(C=Cc2c(C)c(C)c(C=Cc3ccc(C=C(c4ccccc4)c4ccccc4)cc3)c(C)c2C)cc1)c1ccccc1. The van der Waals surface area contributed by atoms with Crippen LogP contribution in [0.4, 0.5) is 0 Å². The average Bonchev–Trinajstić information content (AvgIpc) is 3.23. The topological polar surface area (TPSA) is 0 Å². The molecule has 0 aromatic heterocycles. The van der Waals surface area contributed by atoms with Gasteiger partial charge in [0.1, 0.15) is 0 Å². The third-order valence-electron chi connectivity index (χ3n) is 10.8. The van der Waals surface area contributed by atoms with Crippen LogP contribution in [0.15, 0.2) is 164 Å². The average molecular weight is 709 g/mol. The second-order valence-electron chi connectivity index (χ2n) is 14.4. The van der Waals surface area contributed by atoms with Gasteiger partial charge in [0.2, 0.25) is 0 Å². The summed E-state index contributed by atoms with van der Waals surface area (Å²) in [6.07, 6.45) is 13.6. The second kappa shape index (κ2) is 17.1. The highest BCUT2D eigenvalue weighted by Gasteiger charge is 2.12. The Morgan fingerprint density at radius 3 is 1.04 bits per heavy atom. The molecule has 0 spiro atoms. The number of aryl methyl sites for hydroxylation is 1. The molecule has 0 unspecified atom stereocenters. The monoisotopic (exact) mass is 708 g/mol. The Labute approximate surface area is 328 Å². The maximum atomic E-state index is 2.30. The quantitative estimate of drug-likeness (QED) is 0.124. The van der Waals surface area contributed by atoms with Crippen molar-refractivity contribution in [1.82, 2.24) is 0 Å². The molecule has 7 aromatic rings. The predicted octanol–water partition coefficient (Wildman–Crippen LogP) is 14.7. The lowest BCUT2D eigenvalue weighted by atomic mass is 9.88. The van der Waals surface area contributed by atoms with E-state index in [2.05, 4.69) is 235 Å². The lowest BCUT2D eigenvalue weighted by Crippen LogP contribution is -1.99. The molecule has 0 aliphatic carbocycles. The fourth-order valence-electron chi connectivity index (χ4n) is 7.35. The summed E-state index contributed by atoms with van der Waals surface area (Å²) < 4.78 is 0. The summed E-state index contributed by atoms with van der Waals surface area (Å²) in [4.78, 5) is 0. The Hall–Kier alpha value is -6.50. The van der Waals surface area contributed by atoms with E-state index in [1.165, 1.54) is 94.6 Å². The van der Waals surface area contributed by atoms with Crippen LogP contribution in [-0.2, 0) is 0 Å². The van der Waals surface area contributed by atoms with Crippen LogP contribution in [0.3, 0.4) is 0 Å². The van der Waals surface area contributed by atoms with Crippen LogP contribution < -0.4 is 0 Å². The van der Waals surface area contributed by atoms with Crippen LogP contribution >= 0.6 is 0 Å². The third-order valence-corrected chi connectivity index (χ3v) is 10.8. The highest BCUT2D eigenvalue weighted by Crippen LogP contribution is 2.32. The zero-order valence-corrected chi connectivity index (χ0v) is 32.6. The molecule has 0 aliphatic heterocycles. The third kappa shape index (κ3) is 8.67. The molecule has 0 saturated carbocycles. The number of hydrogen-bond acceptors (Lipinski definition) is 0. The molecule has 0 heteroatoms. The van der Waals surface area contributed by atoms with Gasteiger partial charge in [-0.05, 0) is 141 Å². The minimum atomic E-state index is 1.18. The van der Waals surface area contributed by atoms with Crippen molar-refractivity contribution in [2.45, 2.75) is 34.6 Å². The van der Waals surface area contributed by atoms with Gasteiger partial charge in [-0.1, -0.05) is 188 Å². The Morgan fingerprint density at radius 1 is 0.309 bits per heavy atom. The first-order valence-corrected chi connectivity index (χ1v) is 19.2. The van der Waals surface area contributed by atoms with Gasteiger partial charge < -0.3 is 0 Å². The van der Waals surface area contributed by atoms with E-state index < -0.39 is 0 Å². The maximum absolute atomic E-state index is 2.30. The minimum absolute atomic E-state index is 1.18. The Bertz CT molecular complexity index is 2440. The van der Waals surface area contributed by atoms with Crippen LogP contribution in [0.5, 0.6) is 0 Å². The van der Waals surface area contributed by atoms with E-state index in [9.17, 15) is 0 Å². The lowest BCUT2D eigenvalue weighted by Gasteiger charge is -2.17. The molecular weight excluding hydrogens is 661 g/mol. The van der Waals surface area contributed by atoms with Crippen LogP contribution in [0.25, 0.3) is 47.6 Å². The van der Waals surface area contributed by atoms with Crippen molar-refractivity contribution in [1.29, 1.82) is 0 Å². The van der Waals surface area contributed by atoms with Gasteiger partial charge in [-0.3, -0.25) is 0 Å². The molecule has 0 saturated heterocycles. The van der Waals surface area contributed by atoms with E-state index >= 15 is 0 Å². The van der Waals surface area contributed by atoms with E-state index in [1.807, 2.05) is 0 Å². The van der Waals surface area contributed by atoms with E-state index in [0.717, 1.165) is 0 Å². The van der Waals surface area contributed by atoms with Crippen LogP contribution in [0.2, 0.25) is 0 Å². The van der Waals surface area contributed by atoms with E-state index in [0.29, 0.717) is 0 Å². The normalized spacial score (nSPS) is 11.7. The van der Waals surface area contributed by atoms with Crippen LogP contribution in [-0.4, -0.2) is 0 Å². The molecule has 7 aromatic carbocycles. The van der Waals surface area contributed by atoms with E-state index in [1.54, 1.807) is 0 Å².